The van der Waals surface area contributed by atoms with Gasteiger partial charge in [0, 0.05) is 0 Å². The Balaban J connectivity index is 1.82. The van der Waals surface area contributed by atoms with Gasteiger partial charge in [0.1, 0.15) is 0 Å². The molecule has 2 rings (SSSR count). The number of carbonyl (C=O) groups is 1. The molecule has 1 unspecified atom stereocenters. The first-order chi connectivity index (χ1) is 11.5. The van der Waals surface area contributed by atoms with Gasteiger partial charge < -0.3 is 10.2 Å². The van der Waals surface area contributed by atoms with Crippen molar-refractivity contribution in [2.75, 3.05) is 6.61 Å². The first-order valence-corrected chi connectivity index (χ1v) is 8.05. The zero-order chi connectivity index (χ0) is 17.5. The van der Waals surface area contributed by atoms with E-state index in [0.717, 1.165) is 16.7 Å². The predicted octanol–water partition coefficient (Wildman–Crippen LogP) is 3.84. The molecule has 0 aliphatic carbocycles. The number of rotatable bonds is 6. The van der Waals surface area contributed by atoms with E-state index in [1.165, 1.54) is 11.1 Å². The molecule has 0 saturated carbocycles. The number of hydrogen-bond donors (Lipinski definition) is 1. The van der Waals surface area contributed by atoms with Gasteiger partial charge in [-0.15, -0.1) is 0 Å². The van der Waals surface area contributed by atoms with Crippen LogP contribution in [0.5, 0.6) is 0 Å². The van der Waals surface area contributed by atoms with E-state index in [1.54, 1.807) is 6.21 Å². The molecular formula is C20H24N2O2. The summed E-state index contributed by atoms with van der Waals surface area (Å²) in [5, 5.41) is 6.78. The summed E-state index contributed by atoms with van der Waals surface area (Å²) in [5.74, 6) is -0.192. The van der Waals surface area contributed by atoms with Crippen LogP contribution in [0.2, 0.25) is 0 Å². The average molecular weight is 324 g/mol. The lowest BCUT2D eigenvalue weighted by Gasteiger charge is -2.15. The van der Waals surface area contributed by atoms with Crippen LogP contribution in [0.3, 0.4) is 0 Å². The van der Waals surface area contributed by atoms with Crippen LogP contribution >= 0.6 is 0 Å². The maximum atomic E-state index is 11.9. The molecule has 24 heavy (non-hydrogen) atoms. The molecule has 0 bridgehead atoms. The van der Waals surface area contributed by atoms with E-state index in [-0.39, 0.29) is 18.6 Å². The van der Waals surface area contributed by atoms with Gasteiger partial charge >= 0.3 is 0 Å². The average Bonchev–Trinajstić information content (AvgIpc) is 2.55. The van der Waals surface area contributed by atoms with E-state index in [0.29, 0.717) is 0 Å². The number of nitrogens with one attached hydrogen (secondary N) is 1. The smallest absolute Gasteiger partial charge is 0.261 e. The van der Waals surface area contributed by atoms with Gasteiger partial charge in [0.2, 0.25) is 0 Å². The van der Waals surface area contributed by atoms with Crippen LogP contribution in [-0.4, -0.2) is 18.7 Å². The van der Waals surface area contributed by atoms with Crippen LogP contribution in [0.25, 0.3) is 0 Å². The summed E-state index contributed by atoms with van der Waals surface area (Å²) in [6.45, 7) is 7.99. The molecule has 1 atom stereocenters. The van der Waals surface area contributed by atoms with Crippen LogP contribution in [0.4, 0.5) is 0 Å². The molecule has 0 radical (unpaired) electrons. The normalized spacial score (nSPS) is 12.2. The third kappa shape index (κ3) is 4.95. The fourth-order valence-electron chi connectivity index (χ4n) is 2.32. The van der Waals surface area contributed by atoms with Crippen molar-refractivity contribution < 1.29 is 9.63 Å². The summed E-state index contributed by atoms with van der Waals surface area (Å²) in [5.41, 5.74) is 5.62. The minimum absolute atomic E-state index is 0.0688. The van der Waals surface area contributed by atoms with E-state index in [9.17, 15) is 4.79 Å². The molecule has 1 amide bonds. The van der Waals surface area contributed by atoms with Gasteiger partial charge in [-0.25, -0.2) is 0 Å². The van der Waals surface area contributed by atoms with Crippen molar-refractivity contribution in [3.05, 3.63) is 70.3 Å². The molecule has 0 heterocycles. The summed E-state index contributed by atoms with van der Waals surface area (Å²) >= 11 is 0. The zero-order valence-corrected chi connectivity index (χ0v) is 14.7. The van der Waals surface area contributed by atoms with Crippen molar-refractivity contribution in [3.8, 4) is 0 Å². The van der Waals surface area contributed by atoms with E-state index in [1.807, 2.05) is 44.2 Å². The van der Waals surface area contributed by atoms with Crippen molar-refractivity contribution in [1.82, 2.24) is 5.32 Å². The molecule has 2 aromatic rings. The maximum absolute atomic E-state index is 11.9. The minimum atomic E-state index is -0.192. The second-order valence-corrected chi connectivity index (χ2v) is 6.00. The van der Waals surface area contributed by atoms with Gasteiger partial charge in [-0.3, -0.25) is 4.79 Å². The number of carbonyl (C=O) groups excluding carboxylic acids is 1. The molecule has 0 saturated heterocycles. The zero-order valence-electron chi connectivity index (χ0n) is 14.7. The fourth-order valence-corrected chi connectivity index (χ4v) is 2.32. The molecule has 2 aromatic carbocycles. The summed E-state index contributed by atoms with van der Waals surface area (Å²) in [6.07, 6.45) is 1.62. The summed E-state index contributed by atoms with van der Waals surface area (Å²) < 4.78 is 0. The fraction of sp³-hybridized carbons (Fsp3) is 0.300. The minimum Gasteiger partial charge on any atom is -0.386 e. The molecule has 0 fully saturated rings. The first kappa shape index (κ1) is 17.7. The Morgan fingerprint density at radius 2 is 1.88 bits per heavy atom. The highest BCUT2D eigenvalue weighted by molar-refractivity contribution is 5.81. The molecule has 4 heteroatoms. The van der Waals surface area contributed by atoms with Crippen molar-refractivity contribution in [3.63, 3.8) is 0 Å². The Kier molecular flexibility index (Phi) is 6.13. The number of amides is 1. The van der Waals surface area contributed by atoms with Crippen LogP contribution in [-0.2, 0) is 9.63 Å². The molecule has 4 nitrogen and oxygen atoms in total. The molecule has 0 spiro atoms. The number of benzene rings is 2. The number of nitrogens with zero attached hydrogens (tertiary/aromatic N) is 1. The van der Waals surface area contributed by atoms with Crippen LogP contribution in [0, 0.1) is 20.8 Å². The largest absolute Gasteiger partial charge is 0.386 e. The van der Waals surface area contributed by atoms with Gasteiger partial charge in [0.25, 0.3) is 5.91 Å². The third-order valence-corrected chi connectivity index (χ3v) is 4.06. The highest BCUT2D eigenvalue weighted by Crippen LogP contribution is 2.16. The predicted molar refractivity (Wildman–Crippen MR) is 97.2 cm³/mol. The molecule has 0 aliphatic heterocycles. The lowest BCUT2D eigenvalue weighted by molar-refractivity contribution is -0.126. The molecule has 0 aliphatic rings. The Labute approximate surface area is 143 Å². The van der Waals surface area contributed by atoms with E-state index >= 15 is 0 Å². The monoisotopic (exact) mass is 324 g/mol. The Morgan fingerprint density at radius 1 is 1.12 bits per heavy atom. The molecule has 1 N–H and O–H groups in total. The highest BCUT2D eigenvalue weighted by Gasteiger charge is 2.10. The lowest BCUT2D eigenvalue weighted by atomic mass is 10.0. The highest BCUT2D eigenvalue weighted by atomic mass is 16.6. The van der Waals surface area contributed by atoms with Gasteiger partial charge in [-0.05, 0) is 55.5 Å². The number of oxime groups is 1. The lowest BCUT2D eigenvalue weighted by Crippen LogP contribution is -2.29. The second-order valence-electron chi connectivity index (χ2n) is 6.00. The summed E-state index contributed by atoms with van der Waals surface area (Å²) in [4.78, 5) is 17.0. The van der Waals surface area contributed by atoms with Gasteiger partial charge in [0.15, 0.2) is 6.61 Å². The van der Waals surface area contributed by atoms with E-state index in [2.05, 4.69) is 36.5 Å². The van der Waals surface area contributed by atoms with Crippen LogP contribution < -0.4 is 5.32 Å². The Bertz CT molecular complexity index is 738. The molecular weight excluding hydrogens is 300 g/mol. The Hall–Kier alpha value is -2.62. The van der Waals surface area contributed by atoms with E-state index in [4.69, 9.17) is 4.84 Å². The number of aryl methyl sites for hydroxylation is 3. The summed E-state index contributed by atoms with van der Waals surface area (Å²) in [7, 11) is 0. The van der Waals surface area contributed by atoms with Gasteiger partial charge in [-0.1, -0.05) is 47.6 Å². The molecule has 0 aromatic heterocycles. The maximum Gasteiger partial charge on any atom is 0.261 e. The Morgan fingerprint density at radius 3 is 2.58 bits per heavy atom. The standard InChI is InChI=1S/C20H24N2O2/c1-14-9-10-18(11-16(14)3)17(4)22-20(23)13-24-21-12-19-8-6-5-7-15(19)2/h5-12,17H,13H2,1-4H3,(H,22,23)/b21-12+. The summed E-state index contributed by atoms with van der Waals surface area (Å²) in [6, 6.07) is 14.0. The SMILES string of the molecule is Cc1ccc(C(C)NC(=O)CO/N=C/c2ccccc2C)cc1C. The quantitative estimate of drug-likeness (QED) is 0.648. The molecule has 126 valence electrons. The van der Waals surface area contributed by atoms with Crippen molar-refractivity contribution in [2.45, 2.75) is 33.7 Å². The van der Waals surface area contributed by atoms with Gasteiger partial charge in [-0.2, -0.15) is 0 Å². The van der Waals surface area contributed by atoms with Crippen molar-refractivity contribution in [1.29, 1.82) is 0 Å². The van der Waals surface area contributed by atoms with Crippen LogP contribution in [0.1, 0.15) is 40.8 Å². The first-order valence-electron chi connectivity index (χ1n) is 8.05. The van der Waals surface area contributed by atoms with Gasteiger partial charge in [0.05, 0.1) is 12.3 Å². The second kappa shape index (κ2) is 8.29. The topological polar surface area (TPSA) is 50.7 Å². The van der Waals surface area contributed by atoms with E-state index < -0.39 is 0 Å². The van der Waals surface area contributed by atoms with Crippen molar-refractivity contribution >= 4 is 12.1 Å². The van der Waals surface area contributed by atoms with Crippen LogP contribution in [0.15, 0.2) is 47.6 Å². The van der Waals surface area contributed by atoms with Crippen molar-refractivity contribution in [2.24, 2.45) is 5.16 Å². The third-order valence-electron chi connectivity index (χ3n) is 4.06. The number of hydrogen-bond acceptors (Lipinski definition) is 3.